The number of ether oxygens (including phenoxy) is 1. The highest BCUT2D eigenvalue weighted by atomic mass is 32.1. The molecule has 1 unspecified atom stereocenters. The minimum Gasteiger partial charge on any atom is -0.374 e. The zero-order valence-electron chi connectivity index (χ0n) is 13.7. The molecule has 1 saturated heterocycles. The van der Waals surface area contributed by atoms with Crippen molar-refractivity contribution in [1.82, 2.24) is 10.2 Å². The van der Waals surface area contributed by atoms with Crippen molar-refractivity contribution in [3.05, 3.63) is 35.2 Å². The summed E-state index contributed by atoms with van der Waals surface area (Å²) in [6, 6.07) is 10.0. The van der Waals surface area contributed by atoms with Crippen LogP contribution in [0, 0.1) is 5.92 Å². The third-order valence-electron chi connectivity index (χ3n) is 3.99. The minimum absolute atomic E-state index is 0.00390. The minimum atomic E-state index is -0.00390. The Morgan fingerprint density at radius 1 is 1.43 bits per heavy atom. The number of amides is 1. The Balaban J connectivity index is 1.54. The molecule has 1 fully saturated rings. The van der Waals surface area contributed by atoms with E-state index >= 15 is 0 Å². The van der Waals surface area contributed by atoms with Crippen LogP contribution in [-0.2, 0) is 4.74 Å². The summed E-state index contributed by atoms with van der Waals surface area (Å²) in [4.78, 5) is 15.5. The molecule has 23 heavy (non-hydrogen) atoms. The summed E-state index contributed by atoms with van der Waals surface area (Å²) in [5.41, 5.74) is 0. The molecule has 4 nitrogen and oxygen atoms in total. The van der Waals surface area contributed by atoms with E-state index in [1.54, 1.807) is 0 Å². The van der Waals surface area contributed by atoms with E-state index in [-0.39, 0.29) is 12.0 Å². The van der Waals surface area contributed by atoms with Crippen LogP contribution in [0.25, 0.3) is 10.1 Å². The number of thiophene rings is 1. The van der Waals surface area contributed by atoms with Crippen LogP contribution < -0.4 is 5.32 Å². The molecule has 5 heteroatoms. The Labute approximate surface area is 141 Å². The molecule has 1 aliphatic rings. The van der Waals surface area contributed by atoms with Gasteiger partial charge in [0.2, 0.25) is 0 Å². The Morgan fingerprint density at radius 2 is 2.26 bits per heavy atom. The molecule has 1 amide bonds. The molecule has 1 aliphatic heterocycles. The molecule has 1 atom stereocenters. The zero-order valence-corrected chi connectivity index (χ0v) is 14.6. The molecular weight excluding hydrogens is 308 g/mol. The number of morpholine rings is 1. The average molecular weight is 332 g/mol. The summed E-state index contributed by atoms with van der Waals surface area (Å²) < 4.78 is 6.93. The van der Waals surface area contributed by atoms with Crippen molar-refractivity contribution < 1.29 is 9.53 Å². The van der Waals surface area contributed by atoms with Gasteiger partial charge in [0.05, 0.1) is 17.6 Å². The number of fused-ring (bicyclic) bond motifs is 1. The number of carbonyl (C=O) groups is 1. The van der Waals surface area contributed by atoms with Crippen molar-refractivity contribution in [1.29, 1.82) is 0 Å². The van der Waals surface area contributed by atoms with Gasteiger partial charge in [-0.2, -0.15) is 0 Å². The zero-order chi connectivity index (χ0) is 16.2. The van der Waals surface area contributed by atoms with Gasteiger partial charge < -0.3 is 10.1 Å². The summed E-state index contributed by atoms with van der Waals surface area (Å²) in [7, 11) is 0. The van der Waals surface area contributed by atoms with Gasteiger partial charge in [0.25, 0.3) is 5.91 Å². The third kappa shape index (κ3) is 4.31. The van der Waals surface area contributed by atoms with Crippen molar-refractivity contribution in [3.8, 4) is 0 Å². The second-order valence-electron chi connectivity index (χ2n) is 6.50. The molecule has 0 saturated carbocycles. The summed E-state index contributed by atoms with van der Waals surface area (Å²) in [6.45, 7) is 8.74. The van der Waals surface area contributed by atoms with Crippen LogP contribution in [0.15, 0.2) is 30.3 Å². The molecule has 3 rings (SSSR count). The van der Waals surface area contributed by atoms with E-state index < -0.39 is 0 Å². The molecule has 0 radical (unpaired) electrons. The summed E-state index contributed by atoms with van der Waals surface area (Å²) >= 11 is 1.54. The lowest BCUT2D eigenvalue weighted by atomic mass is 10.2. The standard InChI is InChI=1S/C18H24N2O2S/c1-13(2)11-20-7-8-22-15(12-20)10-19-18(21)17-9-14-5-3-4-6-16(14)23-17/h3-6,9,13,15H,7-8,10-12H2,1-2H3,(H,19,21). The van der Waals surface area contributed by atoms with E-state index in [4.69, 9.17) is 4.74 Å². The van der Waals surface area contributed by atoms with Crippen molar-refractivity contribution >= 4 is 27.3 Å². The number of hydrogen-bond donors (Lipinski definition) is 1. The van der Waals surface area contributed by atoms with Crippen LogP contribution in [0.3, 0.4) is 0 Å². The molecule has 124 valence electrons. The number of nitrogens with one attached hydrogen (secondary N) is 1. The fourth-order valence-electron chi connectivity index (χ4n) is 2.97. The highest BCUT2D eigenvalue weighted by molar-refractivity contribution is 7.20. The Morgan fingerprint density at radius 3 is 3.04 bits per heavy atom. The Kier molecular flexibility index (Phi) is 5.30. The Hall–Kier alpha value is -1.43. The predicted octanol–water partition coefficient (Wildman–Crippen LogP) is 2.99. The van der Waals surface area contributed by atoms with Gasteiger partial charge in [-0.3, -0.25) is 9.69 Å². The maximum Gasteiger partial charge on any atom is 0.261 e. The van der Waals surface area contributed by atoms with Gasteiger partial charge >= 0.3 is 0 Å². The van der Waals surface area contributed by atoms with Crippen molar-refractivity contribution in [2.75, 3.05) is 32.8 Å². The third-order valence-corrected chi connectivity index (χ3v) is 5.10. The molecule has 1 N–H and O–H groups in total. The first-order chi connectivity index (χ1) is 11.1. The van der Waals surface area contributed by atoms with Crippen molar-refractivity contribution in [2.24, 2.45) is 5.92 Å². The largest absolute Gasteiger partial charge is 0.374 e. The molecule has 2 aromatic rings. The van der Waals surface area contributed by atoms with Gasteiger partial charge in [-0.15, -0.1) is 11.3 Å². The smallest absolute Gasteiger partial charge is 0.261 e. The fraction of sp³-hybridized carbons (Fsp3) is 0.500. The second-order valence-corrected chi connectivity index (χ2v) is 7.59. The van der Waals surface area contributed by atoms with Crippen LogP contribution in [-0.4, -0.2) is 49.7 Å². The van der Waals surface area contributed by atoms with Crippen molar-refractivity contribution in [3.63, 3.8) is 0 Å². The first-order valence-corrected chi connectivity index (χ1v) is 9.04. The monoisotopic (exact) mass is 332 g/mol. The van der Waals surface area contributed by atoms with E-state index in [9.17, 15) is 4.79 Å². The van der Waals surface area contributed by atoms with Gasteiger partial charge in [-0.25, -0.2) is 0 Å². The van der Waals surface area contributed by atoms with Gasteiger partial charge in [0.15, 0.2) is 0 Å². The molecule has 1 aromatic carbocycles. The van der Waals surface area contributed by atoms with E-state index in [1.807, 2.05) is 30.3 Å². The highest BCUT2D eigenvalue weighted by Crippen LogP contribution is 2.25. The van der Waals surface area contributed by atoms with Crippen molar-refractivity contribution in [2.45, 2.75) is 20.0 Å². The van der Waals surface area contributed by atoms with Gasteiger partial charge in [-0.1, -0.05) is 32.0 Å². The lowest BCUT2D eigenvalue weighted by Crippen LogP contribution is -2.48. The lowest BCUT2D eigenvalue weighted by Gasteiger charge is -2.33. The lowest BCUT2D eigenvalue weighted by molar-refractivity contribution is -0.0295. The number of benzene rings is 1. The first kappa shape index (κ1) is 16.4. The molecule has 0 aliphatic carbocycles. The van der Waals surface area contributed by atoms with Crippen LogP contribution in [0.5, 0.6) is 0 Å². The summed E-state index contributed by atoms with van der Waals surface area (Å²) in [6.07, 6.45) is 0.0841. The fourth-order valence-corrected chi connectivity index (χ4v) is 3.95. The molecular formula is C18H24N2O2S. The highest BCUT2D eigenvalue weighted by Gasteiger charge is 2.21. The molecule has 0 spiro atoms. The number of hydrogen-bond acceptors (Lipinski definition) is 4. The van der Waals surface area contributed by atoms with Crippen LogP contribution in [0.2, 0.25) is 0 Å². The van der Waals surface area contributed by atoms with E-state index in [0.29, 0.717) is 12.5 Å². The quantitative estimate of drug-likeness (QED) is 0.915. The van der Waals surface area contributed by atoms with Crippen LogP contribution in [0.4, 0.5) is 0 Å². The SMILES string of the molecule is CC(C)CN1CCOC(CNC(=O)c2cc3ccccc3s2)C1. The van der Waals surface area contributed by atoms with E-state index in [0.717, 1.165) is 41.2 Å². The van der Waals surface area contributed by atoms with Gasteiger partial charge in [0.1, 0.15) is 0 Å². The Bertz CT molecular complexity index is 635. The first-order valence-electron chi connectivity index (χ1n) is 8.22. The topological polar surface area (TPSA) is 41.6 Å². The number of carbonyl (C=O) groups excluding carboxylic acids is 1. The summed E-state index contributed by atoms with van der Waals surface area (Å²) in [5, 5.41) is 4.15. The van der Waals surface area contributed by atoms with Crippen LogP contribution in [0.1, 0.15) is 23.5 Å². The second kappa shape index (κ2) is 7.43. The van der Waals surface area contributed by atoms with E-state index in [2.05, 4.69) is 24.1 Å². The molecule has 1 aromatic heterocycles. The van der Waals surface area contributed by atoms with Crippen LogP contribution >= 0.6 is 11.3 Å². The number of nitrogens with zero attached hydrogens (tertiary/aromatic N) is 1. The summed E-state index contributed by atoms with van der Waals surface area (Å²) in [5.74, 6) is 0.651. The normalized spacial score (nSPS) is 19.3. The average Bonchev–Trinajstić information content (AvgIpc) is 2.96. The van der Waals surface area contributed by atoms with Gasteiger partial charge in [-0.05, 0) is 23.4 Å². The predicted molar refractivity (Wildman–Crippen MR) is 95.2 cm³/mol. The molecule has 0 bridgehead atoms. The van der Waals surface area contributed by atoms with Gasteiger partial charge in [0, 0.05) is 30.9 Å². The maximum absolute atomic E-state index is 12.3. The van der Waals surface area contributed by atoms with E-state index in [1.165, 1.54) is 11.3 Å². The number of rotatable bonds is 5. The maximum atomic E-state index is 12.3. The molecule has 2 heterocycles.